The molecule has 2 fully saturated rings. The number of rotatable bonds is 2. The number of nitrogens with zero attached hydrogens (tertiary/aromatic N) is 4. The summed E-state index contributed by atoms with van der Waals surface area (Å²) in [6.45, 7) is 7.27. The zero-order valence-electron chi connectivity index (χ0n) is 14.7. The molecule has 2 heterocycles. The number of pyridine rings is 1. The van der Waals surface area contributed by atoms with E-state index in [-0.39, 0.29) is 23.1 Å². The number of aromatic nitrogens is 1. The highest BCUT2D eigenvalue weighted by Gasteiger charge is 2.54. The highest BCUT2D eigenvalue weighted by molar-refractivity contribution is 5.71. The number of amides is 1. The lowest BCUT2D eigenvalue weighted by Gasteiger charge is -2.42. The molecule has 25 heavy (non-hydrogen) atoms. The number of carbonyl (C=O) groups excluding carboxylic acids is 1. The normalized spacial score (nSPS) is 19.0. The molecular formula is C16H23N5O4. The standard InChI is InChI=1S/C16H23N5O4/c1-15(2,3)25-14(22)20-9-8-19(10-16(20)6-7-16)12-5-4-11(21(23)24)13(17)18-12/h4-5H,6-10H2,1-3H3,(H2,17,18). The van der Waals surface area contributed by atoms with Gasteiger partial charge >= 0.3 is 11.8 Å². The van der Waals surface area contributed by atoms with Gasteiger partial charge in [-0.05, 0) is 39.7 Å². The van der Waals surface area contributed by atoms with E-state index in [0.717, 1.165) is 12.8 Å². The third-order valence-corrected chi connectivity index (χ3v) is 4.50. The van der Waals surface area contributed by atoms with Gasteiger partial charge in [0, 0.05) is 25.7 Å². The number of carbonyl (C=O) groups is 1. The minimum absolute atomic E-state index is 0.0954. The summed E-state index contributed by atoms with van der Waals surface area (Å²) in [5.41, 5.74) is 4.73. The van der Waals surface area contributed by atoms with Crippen molar-refractivity contribution in [1.29, 1.82) is 0 Å². The topological polar surface area (TPSA) is 115 Å². The number of nitrogen functional groups attached to an aromatic ring is 1. The van der Waals surface area contributed by atoms with Gasteiger partial charge in [-0.25, -0.2) is 9.78 Å². The van der Waals surface area contributed by atoms with Crippen molar-refractivity contribution in [2.24, 2.45) is 0 Å². The van der Waals surface area contributed by atoms with E-state index in [1.54, 1.807) is 6.07 Å². The van der Waals surface area contributed by atoms with Crippen LogP contribution in [-0.2, 0) is 4.74 Å². The lowest BCUT2D eigenvalue weighted by Crippen LogP contribution is -2.58. The molecule has 1 saturated carbocycles. The second kappa shape index (κ2) is 5.75. The third-order valence-electron chi connectivity index (χ3n) is 4.50. The van der Waals surface area contributed by atoms with Gasteiger partial charge in [0.2, 0.25) is 5.82 Å². The third kappa shape index (κ3) is 3.45. The van der Waals surface area contributed by atoms with E-state index in [1.807, 2.05) is 30.6 Å². The Balaban J connectivity index is 1.74. The summed E-state index contributed by atoms with van der Waals surface area (Å²) in [6, 6.07) is 2.98. The van der Waals surface area contributed by atoms with Gasteiger partial charge in [0.1, 0.15) is 11.4 Å². The minimum atomic E-state index is -0.547. The summed E-state index contributed by atoms with van der Waals surface area (Å²) < 4.78 is 5.51. The zero-order chi connectivity index (χ0) is 18.4. The maximum absolute atomic E-state index is 12.5. The molecule has 0 atom stereocenters. The lowest BCUT2D eigenvalue weighted by atomic mass is 10.1. The maximum Gasteiger partial charge on any atom is 0.410 e. The van der Waals surface area contributed by atoms with Crippen molar-refractivity contribution < 1.29 is 14.5 Å². The van der Waals surface area contributed by atoms with Gasteiger partial charge in [0.05, 0.1) is 10.5 Å². The van der Waals surface area contributed by atoms with E-state index >= 15 is 0 Å². The summed E-state index contributed by atoms with van der Waals surface area (Å²) in [5, 5.41) is 10.9. The van der Waals surface area contributed by atoms with Crippen LogP contribution in [-0.4, -0.2) is 51.7 Å². The SMILES string of the molecule is CC(C)(C)OC(=O)N1CCN(c2ccc([N+](=O)[O-])c(N)n2)CC12CC2. The van der Waals surface area contributed by atoms with Gasteiger partial charge in [-0.1, -0.05) is 0 Å². The molecule has 0 radical (unpaired) electrons. The molecule has 1 spiro atoms. The summed E-state index contributed by atoms with van der Waals surface area (Å²) in [7, 11) is 0. The largest absolute Gasteiger partial charge is 0.444 e. The van der Waals surface area contributed by atoms with Gasteiger partial charge in [-0.15, -0.1) is 0 Å². The quantitative estimate of drug-likeness (QED) is 0.642. The molecule has 2 N–H and O–H groups in total. The Kier molecular flexibility index (Phi) is 3.97. The van der Waals surface area contributed by atoms with Crippen molar-refractivity contribution >= 4 is 23.4 Å². The molecule has 1 aliphatic heterocycles. The number of anilines is 2. The fraction of sp³-hybridized carbons (Fsp3) is 0.625. The molecule has 1 saturated heterocycles. The predicted molar refractivity (Wildman–Crippen MR) is 92.4 cm³/mol. The van der Waals surface area contributed by atoms with Crippen LogP contribution in [0.5, 0.6) is 0 Å². The van der Waals surface area contributed by atoms with Crippen LogP contribution < -0.4 is 10.6 Å². The number of nitro groups is 1. The zero-order valence-corrected chi connectivity index (χ0v) is 14.7. The Bertz CT molecular complexity index is 711. The van der Waals surface area contributed by atoms with Crippen molar-refractivity contribution in [1.82, 2.24) is 9.88 Å². The fourth-order valence-corrected chi connectivity index (χ4v) is 3.13. The van der Waals surface area contributed by atoms with E-state index in [2.05, 4.69) is 4.98 Å². The summed E-state index contributed by atoms with van der Waals surface area (Å²) >= 11 is 0. The average molecular weight is 349 g/mol. The van der Waals surface area contributed by atoms with Gasteiger partial charge in [-0.2, -0.15) is 0 Å². The van der Waals surface area contributed by atoms with Crippen LogP contribution in [0.3, 0.4) is 0 Å². The summed E-state index contributed by atoms with van der Waals surface area (Å²) in [4.78, 5) is 30.8. The smallest absolute Gasteiger partial charge is 0.410 e. The summed E-state index contributed by atoms with van der Waals surface area (Å²) in [6.07, 6.45) is 1.52. The van der Waals surface area contributed by atoms with E-state index in [0.29, 0.717) is 25.5 Å². The lowest BCUT2D eigenvalue weighted by molar-refractivity contribution is -0.384. The average Bonchev–Trinajstić information content (AvgIpc) is 3.24. The van der Waals surface area contributed by atoms with Gasteiger partial charge < -0.3 is 15.4 Å². The van der Waals surface area contributed by atoms with E-state index in [1.165, 1.54) is 6.07 Å². The van der Waals surface area contributed by atoms with Crippen LogP contribution in [0, 0.1) is 10.1 Å². The van der Waals surface area contributed by atoms with Crippen LogP contribution in [0.1, 0.15) is 33.6 Å². The number of hydrogen-bond donors (Lipinski definition) is 1. The number of nitrogens with two attached hydrogens (primary N) is 1. The van der Waals surface area contributed by atoms with Gasteiger partial charge in [0.25, 0.3) is 0 Å². The molecule has 2 aliphatic rings. The first-order valence-electron chi connectivity index (χ1n) is 8.28. The van der Waals surface area contributed by atoms with Crippen molar-refractivity contribution in [2.75, 3.05) is 30.3 Å². The molecule has 3 rings (SSSR count). The fourth-order valence-electron chi connectivity index (χ4n) is 3.13. The molecule has 0 unspecified atom stereocenters. The Morgan fingerprint density at radius 1 is 1.36 bits per heavy atom. The van der Waals surface area contributed by atoms with E-state index in [9.17, 15) is 14.9 Å². The van der Waals surface area contributed by atoms with E-state index < -0.39 is 10.5 Å². The highest BCUT2D eigenvalue weighted by Crippen LogP contribution is 2.45. The van der Waals surface area contributed by atoms with Crippen LogP contribution in [0.2, 0.25) is 0 Å². The Morgan fingerprint density at radius 3 is 2.56 bits per heavy atom. The molecular weight excluding hydrogens is 326 g/mol. The Hall–Kier alpha value is -2.58. The van der Waals surface area contributed by atoms with Gasteiger partial charge in [-0.3, -0.25) is 15.0 Å². The van der Waals surface area contributed by atoms with Crippen LogP contribution in [0.25, 0.3) is 0 Å². The van der Waals surface area contributed by atoms with Crippen LogP contribution in [0.4, 0.5) is 22.1 Å². The number of ether oxygens (including phenoxy) is 1. The summed E-state index contributed by atoms with van der Waals surface area (Å²) in [5.74, 6) is 0.500. The monoisotopic (exact) mass is 349 g/mol. The van der Waals surface area contributed by atoms with Crippen molar-refractivity contribution in [3.8, 4) is 0 Å². The van der Waals surface area contributed by atoms with Crippen LogP contribution >= 0.6 is 0 Å². The first-order chi connectivity index (χ1) is 11.6. The van der Waals surface area contributed by atoms with E-state index in [4.69, 9.17) is 10.5 Å². The molecule has 1 aliphatic carbocycles. The molecule has 136 valence electrons. The Morgan fingerprint density at radius 2 is 2.04 bits per heavy atom. The molecule has 1 aromatic heterocycles. The first-order valence-corrected chi connectivity index (χ1v) is 8.28. The molecule has 9 nitrogen and oxygen atoms in total. The van der Waals surface area contributed by atoms with Gasteiger partial charge in [0.15, 0.2) is 0 Å². The maximum atomic E-state index is 12.5. The number of hydrogen-bond acceptors (Lipinski definition) is 7. The minimum Gasteiger partial charge on any atom is -0.444 e. The second-order valence-electron chi connectivity index (χ2n) is 7.61. The van der Waals surface area contributed by atoms with Crippen molar-refractivity contribution in [3.63, 3.8) is 0 Å². The second-order valence-corrected chi connectivity index (χ2v) is 7.61. The highest BCUT2D eigenvalue weighted by atomic mass is 16.6. The molecule has 1 amide bonds. The Labute approximate surface area is 145 Å². The van der Waals surface area contributed by atoms with Crippen molar-refractivity contribution in [3.05, 3.63) is 22.2 Å². The number of piperazine rings is 1. The predicted octanol–water partition coefficient (Wildman–Crippen LogP) is 2.16. The molecule has 9 heteroatoms. The molecule has 0 bridgehead atoms. The van der Waals surface area contributed by atoms with Crippen LogP contribution in [0.15, 0.2) is 12.1 Å². The first kappa shape index (κ1) is 17.2. The molecule has 0 aromatic carbocycles. The molecule has 1 aromatic rings. The van der Waals surface area contributed by atoms with Crippen molar-refractivity contribution in [2.45, 2.75) is 44.8 Å².